The second kappa shape index (κ2) is 12.2. The SMILES string of the molecule is c1ccc(-c2ccccc2N(c2ccc(-c3ccc4ccc5ccc6ccccc6c5c4c3)cc2)c2ccc3c(c2)oc2cc4ccccc4cc23)cc1. The van der Waals surface area contributed by atoms with Crippen molar-refractivity contribution in [2.75, 3.05) is 4.90 Å². The number of anilines is 3. The summed E-state index contributed by atoms with van der Waals surface area (Å²) in [5, 5.41) is 12.3. The van der Waals surface area contributed by atoms with Gasteiger partial charge in [0.25, 0.3) is 0 Å². The van der Waals surface area contributed by atoms with Crippen molar-refractivity contribution in [3.05, 3.63) is 200 Å². The van der Waals surface area contributed by atoms with Crippen molar-refractivity contribution >= 4 is 82.1 Å². The first kappa shape index (κ1) is 30.5. The minimum absolute atomic E-state index is 0.868. The lowest BCUT2D eigenvalue weighted by molar-refractivity contribution is 0.669. The van der Waals surface area contributed by atoms with E-state index in [2.05, 4.69) is 205 Å². The van der Waals surface area contributed by atoms with Crippen LogP contribution in [0.15, 0.2) is 205 Å². The van der Waals surface area contributed by atoms with Crippen LogP contribution in [0.3, 0.4) is 0 Å². The zero-order chi connectivity index (χ0) is 35.6. The Hall–Kier alpha value is -7.16. The number of hydrogen-bond donors (Lipinski definition) is 0. The van der Waals surface area contributed by atoms with Gasteiger partial charge >= 0.3 is 0 Å². The molecule has 1 aromatic heterocycles. The molecule has 0 unspecified atom stereocenters. The van der Waals surface area contributed by atoms with Gasteiger partial charge in [-0.3, -0.25) is 0 Å². The smallest absolute Gasteiger partial charge is 0.137 e. The van der Waals surface area contributed by atoms with Crippen LogP contribution in [0, 0.1) is 0 Å². The standard InChI is InChI=1S/C52H33NO/c1-2-10-35(11-3-1)44-15-8-9-17-49(44)53(43-28-29-46-48-31-39-13-4-5-14-40(39)32-50(48)54-51(46)33-43)42-26-24-34(25-27-42)41-23-20-37-19-22-38-21-18-36-12-6-7-16-45(36)52(38)47(37)30-41/h1-33H. The molecule has 2 nitrogen and oxygen atoms in total. The summed E-state index contributed by atoms with van der Waals surface area (Å²) in [7, 11) is 0. The molecule has 0 aliphatic heterocycles. The lowest BCUT2D eigenvalue weighted by Crippen LogP contribution is -2.11. The summed E-state index contributed by atoms with van der Waals surface area (Å²) in [5.41, 5.74) is 9.67. The van der Waals surface area contributed by atoms with E-state index in [9.17, 15) is 0 Å². The summed E-state index contributed by atoms with van der Waals surface area (Å²) in [6.45, 7) is 0. The molecule has 11 aromatic rings. The van der Waals surface area contributed by atoms with Crippen LogP contribution in [0.1, 0.15) is 0 Å². The fourth-order valence-electron chi connectivity index (χ4n) is 8.36. The molecule has 54 heavy (non-hydrogen) atoms. The van der Waals surface area contributed by atoms with Gasteiger partial charge in [0.2, 0.25) is 0 Å². The van der Waals surface area contributed by atoms with Gasteiger partial charge < -0.3 is 9.32 Å². The molecular weight excluding hydrogens is 655 g/mol. The molecule has 0 spiro atoms. The Kier molecular flexibility index (Phi) is 6.90. The van der Waals surface area contributed by atoms with Crippen molar-refractivity contribution in [2.24, 2.45) is 0 Å². The Labute approximate surface area is 312 Å². The number of furan rings is 1. The van der Waals surface area contributed by atoms with Crippen LogP contribution in [-0.2, 0) is 0 Å². The summed E-state index contributed by atoms with van der Waals surface area (Å²) < 4.78 is 6.58. The maximum Gasteiger partial charge on any atom is 0.137 e. The van der Waals surface area contributed by atoms with E-state index in [1.807, 2.05) is 0 Å². The summed E-state index contributed by atoms with van der Waals surface area (Å²) in [6, 6.07) is 72.3. The highest BCUT2D eigenvalue weighted by atomic mass is 16.3. The highest BCUT2D eigenvalue weighted by molar-refractivity contribution is 6.20. The Morgan fingerprint density at radius 1 is 0.315 bits per heavy atom. The second-order valence-corrected chi connectivity index (χ2v) is 14.1. The average Bonchev–Trinajstić information content (AvgIpc) is 3.59. The molecule has 0 amide bonds. The number of hydrogen-bond acceptors (Lipinski definition) is 2. The van der Waals surface area contributed by atoms with Crippen molar-refractivity contribution < 1.29 is 4.42 Å². The van der Waals surface area contributed by atoms with Gasteiger partial charge in [0.05, 0.1) is 5.69 Å². The Bertz CT molecular complexity index is 3210. The van der Waals surface area contributed by atoms with Gasteiger partial charge in [0.1, 0.15) is 11.2 Å². The van der Waals surface area contributed by atoms with Gasteiger partial charge in [-0.1, -0.05) is 146 Å². The van der Waals surface area contributed by atoms with Gasteiger partial charge in [0, 0.05) is 33.8 Å². The first-order chi connectivity index (χ1) is 26.7. The predicted molar refractivity (Wildman–Crippen MR) is 229 cm³/mol. The molecule has 252 valence electrons. The minimum Gasteiger partial charge on any atom is -0.456 e. The average molecular weight is 688 g/mol. The fourth-order valence-corrected chi connectivity index (χ4v) is 8.36. The van der Waals surface area contributed by atoms with Crippen LogP contribution in [0.25, 0.3) is 87.3 Å². The van der Waals surface area contributed by atoms with Gasteiger partial charge in [-0.15, -0.1) is 0 Å². The third-order valence-corrected chi connectivity index (χ3v) is 11.0. The third-order valence-electron chi connectivity index (χ3n) is 11.0. The van der Waals surface area contributed by atoms with E-state index in [4.69, 9.17) is 4.42 Å². The van der Waals surface area contributed by atoms with E-state index >= 15 is 0 Å². The molecule has 0 fully saturated rings. The Morgan fingerprint density at radius 3 is 1.76 bits per heavy atom. The summed E-state index contributed by atoms with van der Waals surface area (Å²) >= 11 is 0. The van der Waals surface area contributed by atoms with Gasteiger partial charge in [0.15, 0.2) is 0 Å². The van der Waals surface area contributed by atoms with E-state index in [-0.39, 0.29) is 0 Å². The molecule has 10 aromatic carbocycles. The molecule has 11 rings (SSSR count). The molecule has 0 aliphatic rings. The Morgan fingerprint density at radius 2 is 0.926 bits per heavy atom. The quantitative estimate of drug-likeness (QED) is 0.168. The number of benzene rings is 10. The Balaban J connectivity index is 1.06. The molecule has 0 radical (unpaired) electrons. The lowest BCUT2D eigenvalue weighted by Gasteiger charge is -2.28. The number of rotatable bonds is 5. The lowest BCUT2D eigenvalue weighted by atomic mass is 9.94. The van der Waals surface area contributed by atoms with Gasteiger partial charge in [-0.05, 0) is 108 Å². The molecule has 0 bridgehead atoms. The minimum atomic E-state index is 0.868. The number of nitrogens with zero attached hydrogens (tertiary/aromatic N) is 1. The highest BCUT2D eigenvalue weighted by Gasteiger charge is 2.19. The molecule has 0 saturated heterocycles. The van der Waals surface area contributed by atoms with E-state index in [0.717, 1.165) is 44.6 Å². The van der Waals surface area contributed by atoms with Gasteiger partial charge in [-0.25, -0.2) is 0 Å². The first-order valence-electron chi connectivity index (χ1n) is 18.5. The van der Waals surface area contributed by atoms with Crippen molar-refractivity contribution in [1.82, 2.24) is 0 Å². The fraction of sp³-hybridized carbons (Fsp3) is 0. The highest BCUT2D eigenvalue weighted by Crippen LogP contribution is 2.44. The van der Waals surface area contributed by atoms with E-state index in [0.29, 0.717) is 0 Å². The van der Waals surface area contributed by atoms with Crippen molar-refractivity contribution in [3.63, 3.8) is 0 Å². The van der Waals surface area contributed by atoms with E-state index in [1.54, 1.807) is 0 Å². The largest absolute Gasteiger partial charge is 0.456 e. The van der Waals surface area contributed by atoms with Crippen LogP contribution in [0.2, 0.25) is 0 Å². The molecule has 1 heterocycles. The van der Waals surface area contributed by atoms with Crippen LogP contribution in [-0.4, -0.2) is 0 Å². The zero-order valence-corrected chi connectivity index (χ0v) is 29.4. The molecule has 0 atom stereocenters. The molecule has 0 saturated carbocycles. The monoisotopic (exact) mass is 687 g/mol. The van der Waals surface area contributed by atoms with Crippen molar-refractivity contribution in [3.8, 4) is 22.3 Å². The van der Waals surface area contributed by atoms with Crippen LogP contribution in [0.5, 0.6) is 0 Å². The second-order valence-electron chi connectivity index (χ2n) is 14.1. The molecule has 2 heteroatoms. The van der Waals surface area contributed by atoms with Crippen LogP contribution in [0.4, 0.5) is 17.1 Å². The number of para-hydroxylation sites is 1. The van der Waals surface area contributed by atoms with Crippen LogP contribution >= 0.6 is 0 Å². The topological polar surface area (TPSA) is 16.4 Å². The zero-order valence-electron chi connectivity index (χ0n) is 29.4. The van der Waals surface area contributed by atoms with E-state index < -0.39 is 0 Å². The summed E-state index contributed by atoms with van der Waals surface area (Å²) in [6.07, 6.45) is 0. The molecular formula is C52H33NO. The number of fused-ring (bicyclic) bond motifs is 9. The molecule has 0 aliphatic carbocycles. The summed E-state index contributed by atoms with van der Waals surface area (Å²) in [5.74, 6) is 0. The third kappa shape index (κ3) is 4.96. The van der Waals surface area contributed by atoms with Gasteiger partial charge in [-0.2, -0.15) is 0 Å². The predicted octanol–water partition coefficient (Wildman–Crippen LogP) is 15.0. The van der Waals surface area contributed by atoms with E-state index in [1.165, 1.54) is 59.8 Å². The first-order valence-corrected chi connectivity index (χ1v) is 18.5. The van der Waals surface area contributed by atoms with Crippen LogP contribution < -0.4 is 4.90 Å². The maximum absolute atomic E-state index is 6.58. The van der Waals surface area contributed by atoms with Crippen molar-refractivity contribution in [2.45, 2.75) is 0 Å². The summed E-state index contributed by atoms with van der Waals surface area (Å²) in [4.78, 5) is 2.36. The van der Waals surface area contributed by atoms with Crippen molar-refractivity contribution in [1.29, 1.82) is 0 Å². The molecule has 0 N–H and O–H groups in total. The maximum atomic E-state index is 6.58. The normalized spacial score (nSPS) is 11.7.